The lowest BCUT2D eigenvalue weighted by molar-refractivity contribution is 0.141. The number of halogens is 13. The van der Waals surface area contributed by atoms with Crippen molar-refractivity contribution in [2.45, 2.75) is 102 Å². The molecule has 0 spiro atoms. The molecular formula is C79H71BBrCl6F6N12O26S6. The number of aromatic hydroxyl groups is 1. The van der Waals surface area contributed by atoms with Crippen LogP contribution in [-0.2, 0) is 72.8 Å². The maximum Gasteiger partial charge on any atom is 0.349 e. The topological polar surface area (TPSA) is 540 Å². The average Bonchev–Trinajstić information content (AvgIpc) is 1.60. The zero-order valence-corrected chi connectivity index (χ0v) is 81.6. The molecule has 14 rings (SSSR count). The first-order valence-electron chi connectivity index (χ1n) is 38.3. The lowest BCUT2D eigenvalue weighted by Crippen LogP contribution is -2.41. The highest BCUT2D eigenvalue weighted by atomic mass is 79.9. The number of aromatic amines is 4. The van der Waals surface area contributed by atoms with Gasteiger partial charge in [0.2, 0.25) is 30.1 Å². The third kappa shape index (κ3) is 29.1. The van der Waals surface area contributed by atoms with Crippen LogP contribution in [0.25, 0.3) is 11.4 Å². The van der Waals surface area contributed by atoms with Crippen molar-refractivity contribution in [1.29, 1.82) is 0 Å². The molecule has 3 saturated carbocycles. The summed E-state index contributed by atoms with van der Waals surface area (Å²) in [7, 11) is -20.4. The highest BCUT2D eigenvalue weighted by Crippen LogP contribution is 2.47. The Labute approximate surface area is 813 Å². The zero-order chi connectivity index (χ0) is 100. The van der Waals surface area contributed by atoms with E-state index in [1.54, 1.807) is 87.8 Å². The van der Waals surface area contributed by atoms with Gasteiger partial charge in [0, 0.05) is 66.5 Å². The first-order chi connectivity index (χ1) is 63.4. The standard InChI is InChI=1S/C29H26Cl2F2N4O9S2.C25H24BrCl2NO7S2.C21H18Cl2F2N4O8S2.C4H3F2N3O2.B/c1-44-18-5-3-16(4-6-18)14-45-22-8-7-19(13-23(22)48(42,43)36-29(9-10-29)15-47(2,40)41)46-25-20(30)11-17(12-21(25)31)37-28(39)34-27(38)24(35-37)26(32)33;1-34-18-5-3-16(4-6-18)14-35-22-8-7-19(36-24-20(27)11-17(26)12-21(24)28)13-23(22)38(32,33)29-25(9-10-25)15-37(2,30)31;1-38(33,34)9-21(4-5-21)28-39(35,36)15-8-11(2-3-14(15)30)37-17-12(22)6-10(7-13(17)23)29-20(32)26-19(31)16(27-29)18(24)25;5-2(6)1-3(10)7-4(11)9-8-1;/h3-8,11-13,26,36H,9-10,14-15H2,1-2H3,(H,34,38,39);3-8,11-13,29H,9-10,14-15H2,1-2H3;2-3,6-8,18,28,30H,4-5,9H2,1H3,(H,26,31,32);2H,(H2,7,9,10,11);. The molecule has 8 aromatic carbocycles. The Balaban J connectivity index is 0.000000201. The molecule has 137 heavy (non-hydrogen) atoms. The molecule has 0 amide bonds. The number of benzene rings is 8. The van der Waals surface area contributed by atoms with Crippen molar-refractivity contribution in [2.24, 2.45) is 0 Å². The predicted molar refractivity (Wildman–Crippen MR) is 493 cm³/mol. The van der Waals surface area contributed by atoms with Crippen molar-refractivity contribution in [3.05, 3.63) is 265 Å². The van der Waals surface area contributed by atoms with Crippen LogP contribution in [0.15, 0.2) is 187 Å². The van der Waals surface area contributed by atoms with E-state index in [0.29, 0.717) is 69.4 Å². The van der Waals surface area contributed by atoms with E-state index in [1.165, 1.54) is 43.5 Å². The number of alkyl halides is 6. The number of ether oxygens (including phenoxy) is 7. The minimum Gasteiger partial charge on any atom is -0.507 e. The van der Waals surface area contributed by atoms with Crippen LogP contribution in [0.3, 0.4) is 0 Å². The molecule has 3 aliphatic rings. The first-order valence-corrected chi connectivity index (χ1v) is 52.0. The summed E-state index contributed by atoms with van der Waals surface area (Å²) in [5, 5.41) is 21.0. The highest BCUT2D eigenvalue weighted by Gasteiger charge is 2.51. The number of hydrogen-bond donors (Lipinski definition) is 8. The summed E-state index contributed by atoms with van der Waals surface area (Å²) >= 11 is 41.1. The summed E-state index contributed by atoms with van der Waals surface area (Å²) in [4.78, 5) is 72.2. The molecule has 0 atom stereocenters. The summed E-state index contributed by atoms with van der Waals surface area (Å²) in [6.07, 6.45) is -4.46. The van der Waals surface area contributed by atoms with Crippen LogP contribution in [0.4, 0.5) is 26.3 Å². The van der Waals surface area contributed by atoms with E-state index in [4.69, 9.17) is 103 Å². The average molecular weight is 2210 g/mol. The second-order valence-electron chi connectivity index (χ2n) is 30.4. The fourth-order valence-corrected chi connectivity index (χ4v) is 24.2. The van der Waals surface area contributed by atoms with Gasteiger partial charge in [-0.25, -0.2) is 110 Å². The van der Waals surface area contributed by atoms with Gasteiger partial charge in [-0.1, -0.05) is 110 Å². The molecule has 3 aromatic heterocycles. The summed E-state index contributed by atoms with van der Waals surface area (Å²) in [5.74, 6) is -0.884. The van der Waals surface area contributed by atoms with Gasteiger partial charge >= 0.3 is 17.1 Å². The minimum atomic E-state index is -4.41. The van der Waals surface area contributed by atoms with E-state index in [-0.39, 0.29) is 125 Å². The van der Waals surface area contributed by atoms with Gasteiger partial charge in [0.05, 0.1) is 73.0 Å². The largest absolute Gasteiger partial charge is 0.507 e. The normalized spacial score (nSPS) is 14.1. The Morgan fingerprint density at radius 2 is 0.715 bits per heavy atom. The Bertz CT molecular complexity index is 7520. The van der Waals surface area contributed by atoms with Crippen LogP contribution < -0.4 is 81.1 Å². The van der Waals surface area contributed by atoms with Gasteiger partial charge < -0.3 is 38.3 Å². The quantitative estimate of drug-likeness (QED) is 0.0137. The van der Waals surface area contributed by atoms with Gasteiger partial charge in [0.25, 0.3) is 36.0 Å². The predicted octanol–water partition coefficient (Wildman–Crippen LogP) is 11.9. The highest BCUT2D eigenvalue weighted by molar-refractivity contribution is 9.10. The van der Waals surface area contributed by atoms with Crippen LogP contribution in [0.5, 0.6) is 63.2 Å². The Kier molecular flexibility index (Phi) is 34.4. The number of nitrogens with zero attached hydrogens (tertiary/aromatic N) is 5. The number of sulfonamides is 3. The fourth-order valence-electron chi connectivity index (χ4n) is 12.6. The van der Waals surface area contributed by atoms with E-state index >= 15 is 0 Å². The van der Waals surface area contributed by atoms with Crippen LogP contribution in [0, 0.1) is 0 Å². The van der Waals surface area contributed by atoms with Gasteiger partial charge in [-0.15, -0.1) is 0 Å². The van der Waals surface area contributed by atoms with Crippen LogP contribution >= 0.6 is 85.5 Å². The molecule has 3 fully saturated rings. The number of H-pyrrole nitrogens is 4. The number of aromatic nitrogens is 9. The number of nitrogens with one attached hydrogen (secondary N) is 7. The summed E-state index contributed by atoms with van der Waals surface area (Å²) in [6.45, 7) is 0.0390. The molecule has 3 heterocycles. The number of hydrogen-bond acceptors (Lipinski definition) is 29. The monoisotopic (exact) mass is 2210 g/mol. The molecule has 58 heteroatoms. The van der Waals surface area contributed by atoms with Gasteiger partial charge in [0.15, 0.2) is 34.3 Å². The second kappa shape index (κ2) is 43.4. The van der Waals surface area contributed by atoms with Crippen molar-refractivity contribution < 1.29 is 115 Å². The molecule has 0 bridgehead atoms. The van der Waals surface area contributed by atoms with Crippen LogP contribution in [0.1, 0.15) is 86.0 Å². The number of sulfone groups is 3. The molecule has 0 saturated heterocycles. The first kappa shape index (κ1) is 108. The van der Waals surface area contributed by atoms with Crippen LogP contribution in [-0.4, -0.2) is 176 Å². The third-order valence-electron chi connectivity index (χ3n) is 19.1. The molecule has 0 aliphatic heterocycles. The number of methoxy groups -OCH3 is 2. The zero-order valence-electron chi connectivity index (χ0n) is 70.6. The van der Waals surface area contributed by atoms with Gasteiger partial charge in [0.1, 0.15) is 103 Å². The molecule has 3 aliphatic carbocycles. The Morgan fingerprint density at radius 3 is 1.01 bits per heavy atom. The third-order valence-corrected chi connectivity index (χ3v) is 29.3. The van der Waals surface area contributed by atoms with Crippen molar-refractivity contribution in [2.75, 3.05) is 50.2 Å². The Morgan fingerprint density at radius 1 is 0.423 bits per heavy atom. The number of phenols is 1. The fraction of sp³-hybridized carbons (Fsp3) is 0.278. The SMILES string of the molecule is COc1ccc(COc2ccc(Oc3c(Cl)cc(-n4nc(C(F)F)c(=O)[nH]c4=O)cc3Cl)cc2S(=O)(=O)NC2(CS(C)(=O)=O)CC2)cc1.COc1ccc(COc2ccc(Oc3c(Cl)cc(Br)cc3Cl)cc2S(=O)(=O)NC2(CS(C)(=O)=O)CC2)cc1.CS(=O)(=O)CC1(NS(=O)(=O)c2cc(Oc3c(Cl)cc(-n4nc(C(F)F)c(=O)[nH]c4=O)cc3Cl)ccc2O)CC1.O=c1[nH]nc(C(F)F)c(=O)[nH]1.[B]. The molecule has 8 N–H and O–H groups in total. The summed E-state index contributed by atoms with van der Waals surface area (Å²) in [6, 6.07) is 32.8. The Hall–Kier alpha value is -10.6. The molecule has 11 aromatic rings. The van der Waals surface area contributed by atoms with E-state index < -0.39 is 168 Å². The maximum atomic E-state index is 13.7. The van der Waals surface area contributed by atoms with Gasteiger partial charge in [-0.05, 0) is 147 Å². The molecule has 733 valence electrons. The van der Waals surface area contributed by atoms with Crippen molar-refractivity contribution in [3.8, 4) is 74.6 Å². The summed E-state index contributed by atoms with van der Waals surface area (Å²) in [5.41, 5.74) is -12.8. The lowest BCUT2D eigenvalue weighted by atomic mass is 10.2. The van der Waals surface area contributed by atoms with Crippen LogP contribution in [0.2, 0.25) is 30.1 Å². The minimum absolute atomic E-state index is 0. The smallest absolute Gasteiger partial charge is 0.349 e. The van der Waals surface area contributed by atoms with Crippen molar-refractivity contribution in [1.82, 2.24) is 58.9 Å². The molecule has 0 unspecified atom stereocenters. The number of phenolic OH excluding ortho intramolecular Hbond substituents is 1. The summed E-state index contributed by atoms with van der Waals surface area (Å²) < 4.78 is 276. The van der Waals surface area contributed by atoms with E-state index in [9.17, 15) is 111 Å². The van der Waals surface area contributed by atoms with Crippen molar-refractivity contribution >= 4 is 154 Å². The van der Waals surface area contributed by atoms with E-state index in [2.05, 4.69) is 45.4 Å². The molecular weight excluding hydrogens is 2140 g/mol. The second-order valence-corrected chi connectivity index (χ2v) is 45.1. The number of rotatable bonds is 34. The van der Waals surface area contributed by atoms with E-state index in [1.807, 2.05) is 0 Å². The maximum absolute atomic E-state index is 13.7. The van der Waals surface area contributed by atoms with Crippen molar-refractivity contribution in [3.63, 3.8) is 0 Å². The lowest BCUT2D eigenvalue weighted by Gasteiger charge is -2.19. The van der Waals surface area contributed by atoms with Gasteiger partial charge in [-0.2, -0.15) is 24.7 Å². The van der Waals surface area contributed by atoms with Gasteiger partial charge in [-0.3, -0.25) is 29.3 Å². The van der Waals surface area contributed by atoms with E-state index in [0.717, 1.165) is 66.8 Å². The molecule has 3 radical (unpaired) electrons. The molecule has 38 nitrogen and oxygen atoms in total.